The maximum absolute atomic E-state index is 5.63. The fraction of sp³-hybridized carbons (Fsp3) is 0.467. The molecule has 2 heteroatoms. The minimum absolute atomic E-state index is 0.108. The van der Waals surface area contributed by atoms with Gasteiger partial charge in [0.05, 0.1) is 12.2 Å². The van der Waals surface area contributed by atoms with Gasteiger partial charge in [-0.05, 0) is 45.4 Å². The van der Waals surface area contributed by atoms with Gasteiger partial charge >= 0.3 is 0 Å². The lowest BCUT2D eigenvalue weighted by Gasteiger charge is -2.19. The van der Waals surface area contributed by atoms with Crippen LogP contribution < -0.4 is 4.74 Å². The number of ether oxygens (including phenoxy) is 2. The van der Waals surface area contributed by atoms with Crippen molar-refractivity contribution in [1.82, 2.24) is 0 Å². The number of benzene rings is 1. The van der Waals surface area contributed by atoms with Crippen molar-refractivity contribution in [3.63, 3.8) is 0 Å². The first kappa shape index (κ1) is 13.8. The topological polar surface area (TPSA) is 18.5 Å². The zero-order chi connectivity index (χ0) is 12.9. The number of allylic oxidation sites excluding steroid dienone is 1. The number of hydrogen-bond acceptors (Lipinski definition) is 2. The molecule has 0 atom stereocenters. The third kappa shape index (κ3) is 5.55. The first-order chi connectivity index (χ1) is 7.88. The molecular weight excluding hydrogens is 212 g/mol. The molecular formula is C15H22O2. The maximum Gasteiger partial charge on any atom is 0.120 e. The molecule has 1 aromatic carbocycles. The van der Waals surface area contributed by atoms with E-state index in [0.29, 0.717) is 13.2 Å². The quantitative estimate of drug-likeness (QED) is 0.719. The highest BCUT2D eigenvalue weighted by Crippen LogP contribution is 2.18. The summed E-state index contributed by atoms with van der Waals surface area (Å²) in [5.41, 5.74) is 2.05. The Hall–Kier alpha value is -1.28. The summed E-state index contributed by atoms with van der Waals surface area (Å²) in [6.07, 6.45) is 0. The first-order valence-corrected chi connectivity index (χ1v) is 5.91. The van der Waals surface area contributed by atoms with Crippen molar-refractivity contribution in [2.75, 3.05) is 13.2 Å². The van der Waals surface area contributed by atoms with Crippen molar-refractivity contribution in [2.45, 2.75) is 33.3 Å². The summed E-state index contributed by atoms with van der Waals surface area (Å²) in [5.74, 6) is 0.864. The van der Waals surface area contributed by atoms with Gasteiger partial charge in [-0.1, -0.05) is 24.3 Å². The van der Waals surface area contributed by atoms with Gasteiger partial charge in [-0.25, -0.2) is 0 Å². The fourth-order valence-electron chi connectivity index (χ4n) is 1.36. The van der Waals surface area contributed by atoms with E-state index in [1.54, 1.807) is 0 Å². The van der Waals surface area contributed by atoms with E-state index in [2.05, 4.69) is 6.58 Å². The summed E-state index contributed by atoms with van der Waals surface area (Å²) in [4.78, 5) is 0. The molecule has 0 N–H and O–H groups in total. The second kappa shape index (κ2) is 5.87. The van der Waals surface area contributed by atoms with E-state index in [0.717, 1.165) is 16.9 Å². The van der Waals surface area contributed by atoms with E-state index in [4.69, 9.17) is 9.47 Å². The van der Waals surface area contributed by atoms with Gasteiger partial charge in [-0.2, -0.15) is 0 Å². The lowest BCUT2D eigenvalue weighted by Crippen LogP contribution is -2.22. The molecule has 0 saturated carbocycles. The van der Waals surface area contributed by atoms with Crippen molar-refractivity contribution in [3.05, 3.63) is 36.4 Å². The Balaban J connectivity index is 2.42. The largest absolute Gasteiger partial charge is 0.491 e. The molecule has 0 aliphatic carbocycles. The number of hydrogen-bond donors (Lipinski definition) is 0. The van der Waals surface area contributed by atoms with Gasteiger partial charge in [-0.3, -0.25) is 0 Å². The summed E-state index contributed by atoms with van der Waals surface area (Å²) >= 11 is 0. The maximum atomic E-state index is 5.63. The van der Waals surface area contributed by atoms with E-state index in [1.807, 2.05) is 52.0 Å². The Morgan fingerprint density at radius 3 is 2.53 bits per heavy atom. The molecule has 0 heterocycles. The van der Waals surface area contributed by atoms with Crippen LogP contribution in [0.25, 0.3) is 5.57 Å². The second-order valence-electron chi connectivity index (χ2n) is 5.12. The highest BCUT2D eigenvalue weighted by molar-refractivity contribution is 5.62. The molecule has 0 aliphatic heterocycles. The molecule has 0 aliphatic rings. The van der Waals surface area contributed by atoms with Gasteiger partial charge < -0.3 is 9.47 Å². The Kier molecular flexibility index (Phi) is 4.76. The number of rotatable bonds is 5. The molecule has 17 heavy (non-hydrogen) atoms. The van der Waals surface area contributed by atoms with E-state index in [-0.39, 0.29) is 5.60 Å². The molecule has 1 rings (SSSR count). The van der Waals surface area contributed by atoms with Crippen LogP contribution >= 0.6 is 0 Å². The summed E-state index contributed by atoms with van der Waals surface area (Å²) in [5, 5.41) is 0. The zero-order valence-electron chi connectivity index (χ0n) is 11.2. The molecule has 2 nitrogen and oxygen atoms in total. The highest BCUT2D eigenvalue weighted by Gasteiger charge is 2.09. The highest BCUT2D eigenvalue weighted by atomic mass is 16.5. The Morgan fingerprint density at radius 2 is 1.94 bits per heavy atom. The van der Waals surface area contributed by atoms with Crippen LogP contribution in [0, 0.1) is 0 Å². The predicted octanol–water partition coefficient (Wildman–Crippen LogP) is 3.91. The summed E-state index contributed by atoms with van der Waals surface area (Å²) in [7, 11) is 0. The van der Waals surface area contributed by atoms with Crippen molar-refractivity contribution in [3.8, 4) is 5.75 Å². The molecule has 0 spiro atoms. The predicted molar refractivity (Wildman–Crippen MR) is 72.4 cm³/mol. The normalized spacial score (nSPS) is 11.3. The Labute approximate surface area is 104 Å². The van der Waals surface area contributed by atoms with Gasteiger partial charge in [-0.15, -0.1) is 0 Å². The van der Waals surface area contributed by atoms with E-state index >= 15 is 0 Å². The standard InChI is InChI=1S/C15H22O2/c1-12(2)13-7-6-8-14(11-13)16-9-10-17-15(3,4)5/h6-8,11H,1,9-10H2,2-5H3. The van der Waals surface area contributed by atoms with E-state index < -0.39 is 0 Å². The van der Waals surface area contributed by atoms with Crippen LogP contribution in [0.3, 0.4) is 0 Å². The van der Waals surface area contributed by atoms with Crippen LogP contribution in [0.5, 0.6) is 5.75 Å². The molecule has 94 valence electrons. The molecule has 0 radical (unpaired) electrons. The third-order valence-corrected chi connectivity index (χ3v) is 2.21. The third-order valence-electron chi connectivity index (χ3n) is 2.21. The van der Waals surface area contributed by atoms with Crippen LogP contribution in [0.15, 0.2) is 30.8 Å². The smallest absolute Gasteiger partial charge is 0.120 e. The van der Waals surface area contributed by atoms with Gasteiger partial charge in [0.15, 0.2) is 0 Å². The van der Waals surface area contributed by atoms with Crippen LogP contribution in [0.4, 0.5) is 0 Å². The zero-order valence-corrected chi connectivity index (χ0v) is 11.2. The first-order valence-electron chi connectivity index (χ1n) is 5.91. The van der Waals surface area contributed by atoms with Crippen LogP contribution in [-0.2, 0) is 4.74 Å². The summed E-state index contributed by atoms with van der Waals surface area (Å²) in [6, 6.07) is 7.95. The van der Waals surface area contributed by atoms with Gasteiger partial charge in [0.1, 0.15) is 12.4 Å². The van der Waals surface area contributed by atoms with Crippen molar-refractivity contribution >= 4 is 5.57 Å². The minimum atomic E-state index is -0.108. The Morgan fingerprint density at radius 1 is 1.24 bits per heavy atom. The summed E-state index contributed by atoms with van der Waals surface area (Å²) in [6.45, 7) is 13.2. The average molecular weight is 234 g/mol. The second-order valence-corrected chi connectivity index (χ2v) is 5.12. The molecule has 1 aromatic rings. The minimum Gasteiger partial charge on any atom is -0.491 e. The van der Waals surface area contributed by atoms with Gasteiger partial charge in [0.25, 0.3) is 0 Å². The van der Waals surface area contributed by atoms with Gasteiger partial charge in [0, 0.05) is 0 Å². The molecule has 0 bridgehead atoms. The van der Waals surface area contributed by atoms with Gasteiger partial charge in [0.2, 0.25) is 0 Å². The molecule has 0 aromatic heterocycles. The van der Waals surface area contributed by atoms with Crippen molar-refractivity contribution in [1.29, 1.82) is 0 Å². The van der Waals surface area contributed by atoms with Crippen molar-refractivity contribution < 1.29 is 9.47 Å². The molecule has 0 saturated heterocycles. The lowest BCUT2D eigenvalue weighted by molar-refractivity contribution is -0.0163. The monoisotopic (exact) mass is 234 g/mol. The van der Waals surface area contributed by atoms with Crippen LogP contribution in [0.1, 0.15) is 33.3 Å². The van der Waals surface area contributed by atoms with E-state index in [9.17, 15) is 0 Å². The van der Waals surface area contributed by atoms with E-state index in [1.165, 1.54) is 0 Å². The van der Waals surface area contributed by atoms with Crippen LogP contribution in [-0.4, -0.2) is 18.8 Å². The van der Waals surface area contributed by atoms with Crippen molar-refractivity contribution in [2.24, 2.45) is 0 Å². The molecule has 0 amide bonds. The molecule has 0 unspecified atom stereocenters. The molecule has 0 fully saturated rings. The fourth-order valence-corrected chi connectivity index (χ4v) is 1.36. The SMILES string of the molecule is C=C(C)c1cccc(OCCOC(C)(C)C)c1. The summed E-state index contributed by atoms with van der Waals surface area (Å²) < 4.78 is 11.2. The Bertz CT molecular complexity index is 375. The average Bonchev–Trinajstić information content (AvgIpc) is 2.23. The lowest BCUT2D eigenvalue weighted by atomic mass is 10.1. The van der Waals surface area contributed by atoms with Crippen LogP contribution in [0.2, 0.25) is 0 Å².